The molecule has 0 atom stereocenters. The third-order valence-corrected chi connectivity index (χ3v) is 5.38. The highest BCUT2D eigenvalue weighted by atomic mass is 32.2. The molecule has 3 heterocycles. The van der Waals surface area contributed by atoms with E-state index in [1.165, 1.54) is 44.4 Å². The van der Waals surface area contributed by atoms with Crippen molar-refractivity contribution in [1.82, 2.24) is 14.9 Å². The Morgan fingerprint density at radius 2 is 2.00 bits per heavy atom. The SMILES string of the molecule is CSCCCN1CC(Nc2nccc(N3CCCCCC3)n2)C1. The molecule has 128 valence electrons. The van der Waals surface area contributed by atoms with Gasteiger partial charge in [0.05, 0.1) is 6.04 Å². The van der Waals surface area contributed by atoms with Crippen molar-refractivity contribution in [3.05, 3.63) is 12.3 Å². The van der Waals surface area contributed by atoms with Crippen molar-refractivity contribution in [3.63, 3.8) is 0 Å². The van der Waals surface area contributed by atoms with E-state index in [1.54, 1.807) is 0 Å². The van der Waals surface area contributed by atoms with Gasteiger partial charge < -0.3 is 10.2 Å². The van der Waals surface area contributed by atoms with Gasteiger partial charge in [-0.2, -0.15) is 16.7 Å². The Labute approximate surface area is 144 Å². The normalized spacial score (nSPS) is 20.1. The zero-order valence-electron chi connectivity index (χ0n) is 14.2. The minimum Gasteiger partial charge on any atom is -0.356 e. The highest BCUT2D eigenvalue weighted by Crippen LogP contribution is 2.19. The summed E-state index contributed by atoms with van der Waals surface area (Å²) in [5, 5.41) is 3.50. The molecule has 2 aliphatic rings. The van der Waals surface area contributed by atoms with Crippen molar-refractivity contribution in [2.24, 2.45) is 0 Å². The first kappa shape index (κ1) is 16.8. The molecule has 0 aromatic carbocycles. The van der Waals surface area contributed by atoms with E-state index in [0.29, 0.717) is 6.04 Å². The van der Waals surface area contributed by atoms with Gasteiger partial charge in [-0.1, -0.05) is 12.8 Å². The van der Waals surface area contributed by atoms with Crippen LogP contribution in [0.1, 0.15) is 32.1 Å². The van der Waals surface area contributed by atoms with Gasteiger partial charge in [-0.15, -0.1) is 0 Å². The van der Waals surface area contributed by atoms with Crippen molar-refractivity contribution in [3.8, 4) is 0 Å². The number of thioether (sulfide) groups is 1. The number of nitrogens with zero attached hydrogens (tertiary/aromatic N) is 4. The van der Waals surface area contributed by atoms with Crippen molar-refractivity contribution in [1.29, 1.82) is 0 Å². The molecule has 0 aliphatic carbocycles. The Bertz CT molecular complexity index is 470. The third kappa shape index (κ3) is 4.98. The van der Waals surface area contributed by atoms with Gasteiger partial charge in [-0.05, 0) is 43.9 Å². The van der Waals surface area contributed by atoms with Crippen molar-refractivity contribution >= 4 is 23.5 Å². The molecule has 0 bridgehead atoms. The van der Waals surface area contributed by atoms with Crippen LogP contribution in [0.15, 0.2) is 12.3 Å². The Hall–Kier alpha value is -1.01. The Morgan fingerprint density at radius 1 is 1.22 bits per heavy atom. The molecule has 1 N–H and O–H groups in total. The van der Waals surface area contributed by atoms with Crippen molar-refractivity contribution < 1.29 is 0 Å². The fourth-order valence-electron chi connectivity index (χ4n) is 3.35. The number of nitrogens with one attached hydrogen (secondary N) is 1. The van der Waals surface area contributed by atoms with Gasteiger partial charge in [0, 0.05) is 32.4 Å². The molecule has 0 unspecified atom stereocenters. The molecule has 2 fully saturated rings. The van der Waals surface area contributed by atoms with Crippen LogP contribution in [0.2, 0.25) is 0 Å². The summed E-state index contributed by atoms with van der Waals surface area (Å²) in [6.45, 7) is 5.71. The molecule has 0 saturated carbocycles. The summed E-state index contributed by atoms with van der Waals surface area (Å²) in [5.74, 6) is 3.14. The lowest BCUT2D eigenvalue weighted by Gasteiger charge is -2.39. The summed E-state index contributed by atoms with van der Waals surface area (Å²) < 4.78 is 0. The molecule has 1 aromatic heterocycles. The quantitative estimate of drug-likeness (QED) is 0.773. The molecule has 0 amide bonds. The van der Waals surface area contributed by atoms with E-state index in [4.69, 9.17) is 4.98 Å². The largest absolute Gasteiger partial charge is 0.356 e. The summed E-state index contributed by atoms with van der Waals surface area (Å²) >= 11 is 1.93. The predicted molar refractivity (Wildman–Crippen MR) is 99.6 cm³/mol. The van der Waals surface area contributed by atoms with E-state index in [-0.39, 0.29) is 0 Å². The second kappa shape index (κ2) is 8.73. The minimum absolute atomic E-state index is 0.503. The number of anilines is 2. The highest BCUT2D eigenvalue weighted by molar-refractivity contribution is 7.98. The molecule has 23 heavy (non-hydrogen) atoms. The summed E-state index contributed by atoms with van der Waals surface area (Å²) in [5.41, 5.74) is 0. The fourth-order valence-corrected chi connectivity index (χ4v) is 3.77. The Morgan fingerprint density at radius 3 is 2.74 bits per heavy atom. The first-order chi connectivity index (χ1) is 11.3. The second-order valence-electron chi connectivity index (χ2n) is 6.59. The first-order valence-electron chi connectivity index (χ1n) is 8.91. The molecule has 1 aromatic rings. The zero-order chi connectivity index (χ0) is 15.9. The smallest absolute Gasteiger partial charge is 0.224 e. The summed E-state index contributed by atoms with van der Waals surface area (Å²) in [6.07, 6.45) is 10.6. The van der Waals surface area contributed by atoms with E-state index in [2.05, 4.69) is 26.4 Å². The maximum atomic E-state index is 4.74. The maximum absolute atomic E-state index is 4.74. The summed E-state index contributed by atoms with van der Waals surface area (Å²) in [7, 11) is 0. The summed E-state index contributed by atoms with van der Waals surface area (Å²) in [4.78, 5) is 14.1. The molecular formula is C17H29N5S. The van der Waals surface area contributed by atoms with E-state index in [0.717, 1.165) is 37.9 Å². The van der Waals surface area contributed by atoms with Gasteiger partial charge in [0.25, 0.3) is 0 Å². The van der Waals surface area contributed by atoms with Gasteiger partial charge in [0.15, 0.2) is 0 Å². The molecule has 0 radical (unpaired) electrons. The van der Waals surface area contributed by atoms with Crippen LogP contribution in [0.4, 0.5) is 11.8 Å². The second-order valence-corrected chi connectivity index (χ2v) is 7.57. The lowest BCUT2D eigenvalue weighted by Crippen LogP contribution is -2.55. The average Bonchev–Trinajstić information content (AvgIpc) is 2.82. The van der Waals surface area contributed by atoms with Crippen molar-refractivity contribution in [2.75, 3.05) is 54.9 Å². The minimum atomic E-state index is 0.503. The first-order valence-corrected chi connectivity index (χ1v) is 10.3. The van der Waals surface area contributed by atoms with E-state index < -0.39 is 0 Å². The van der Waals surface area contributed by atoms with Gasteiger partial charge in [0.1, 0.15) is 5.82 Å². The maximum Gasteiger partial charge on any atom is 0.224 e. The number of hydrogen-bond acceptors (Lipinski definition) is 6. The Kier molecular flexibility index (Phi) is 6.39. The molecule has 2 aliphatic heterocycles. The third-order valence-electron chi connectivity index (χ3n) is 4.68. The number of hydrogen-bond donors (Lipinski definition) is 1. The topological polar surface area (TPSA) is 44.3 Å². The van der Waals surface area contributed by atoms with E-state index in [9.17, 15) is 0 Å². The number of rotatable bonds is 7. The number of aromatic nitrogens is 2. The van der Waals surface area contributed by atoms with E-state index >= 15 is 0 Å². The van der Waals surface area contributed by atoms with Crippen LogP contribution in [0, 0.1) is 0 Å². The lowest BCUT2D eigenvalue weighted by molar-refractivity contribution is 0.162. The van der Waals surface area contributed by atoms with Gasteiger partial charge in [-0.3, -0.25) is 4.90 Å². The molecule has 6 heteroatoms. The van der Waals surface area contributed by atoms with Crippen LogP contribution in [0.25, 0.3) is 0 Å². The van der Waals surface area contributed by atoms with Crippen LogP contribution in [-0.2, 0) is 0 Å². The standard InChI is InChI=1S/C17H29N5S/c1-23-12-6-9-21-13-15(14-21)19-17-18-8-7-16(20-17)22-10-4-2-3-5-11-22/h7-8,15H,2-6,9-14H2,1H3,(H,18,19,20). The molecule has 0 spiro atoms. The van der Waals surface area contributed by atoms with Crippen LogP contribution in [-0.4, -0.2) is 65.6 Å². The Balaban J connectivity index is 1.47. The van der Waals surface area contributed by atoms with Crippen LogP contribution < -0.4 is 10.2 Å². The fraction of sp³-hybridized carbons (Fsp3) is 0.765. The van der Waals surface area contributed by atoms with Crippen LogP contribution in [0.3, 0.4) is 0 Å². The lowest BCUT2D eigenvalue weighted by atomic mass is 10.1. The van der Waals surface area contributed by atoms with E-state index in [1.807, 2.05) is 24.0 Å². The predicted octanol–water partition coefficient (Wildman–Crippen LogP) is 2.71. The highest BCUT2D eigenvalue weighted by Gasteiger charge is 2.26. The van der Waals surface area contributed by atoms with Crippen LogP contribution in [0.5, 0.6) is 0 Å². The monoisotopic (exact) mass is 335 g/mol. The van der Waals surface area contributed by atoms with Gasteiger partial charge in [0.2, 0.25) is 5.95 Å². The molecule has 3 rings (SSSR count). The van der Waals surface area contributed by atoms with Gasteiger partial charge >= 0.3 is 0 Å². The zero-order valence-corrected chi connectivity index (χ0v) is 15.0. The average molecular weight is 336 g/mol. The summed E-state index contributed by atoms with van der Waals surface area (Å²) in [6, 6.07) is 2.55. The number of likely N-dealkylation sites (tertiary alicyclic amines) is 1. The van der Waals surface area contributed by atoms with Gasteiger partial charge in [-0.25, -0.2) is 4.98 Å². The van der Waals surface area contributed by atoms with Crippen molar-refractivity contribution in [2.45, 2.75) is 38.1 Å². The molecule has 5 nitrogen and oxygen atoms in total. The van der Waals surface area contributed by atoms with Crippen LogP contribution >= 0.6 is 11.8 Å². The molecular weight excluding hydrogens is 306 g/mol. The molecule has 2 saturated heterocycles.